The summed E-state index contributed by atoms with van der Waals surface area (Å²) in [7, 11) is 0. The molecule has 2 N–H and O–H groups in total. The zero-order chi connectivity index (χ0) is 24.9. The highest BCUT2D eigenvalue weighted by molar-refractivity contribution is 5.98. The average molecular weight is 475 g/mol. The topological polar surface area (TPSA) is 93.5 Å². The van der Waals surface area contributed by atoms with Gasteiger partial charge in [-0.1, -0.05) is 30.3 Å². The molecule has 0 aliphatic carbocycles. The van der Waals surface area contributed by atoms with Crippen LogP contribution in [0, 0.1) is 0 Å². The van der Waals surface area contributed by atoms with E-state index in [1.165, 1.54) is 6.20 Å². The summed E-state index contributed by atoms with van der Waals surface area (Å²) in [6.45, 7) is 4.94. The lowest BCUT2D eigenvalue weighted by molar-refractivity contribution is -0.137. The van der Waals surface area contributed by atoms with E-state index < -0.39 is 29.3 Å². The highest BCUT2D eigenvalue weighted by Crippen LogP contribution is 2.34. The second kappa shape index (κ2) is 9.98. The van der Waals surface area contributed by atoms with Crippen LogP contribution in [0.4, 0.5) is 29.3 Å². The molecule has 3 rings (SSSR count). The zero-order valence-electron chi connectivity index (χ0n) is 18.8. The molecule has 0 bridgehead atoms. The number of nitrogens with one attached hydrogen (secondary N) is 2. The summed E-state index contributed by atoms with van der Waals surface area (Å²) in [6.07, 6.45) is -3.92. The molecule has 0 aliphatic rings. The van der Waals surface area contributed by atoms with Gasteiger partial charge in [-0.25, -0.2) is 9.78 Å². The predicted octanol–water partition coefficient (Wildman–Crippen LogP) is 6.28. The van der Waals surface area contributed by atoms with Crippen molar-refractivity contribution >= 4 is 23.4 Å². The van der Waals surface area contributed by atoms with Crippen LogP contribution < -0.4 is 10.6 Å². The number of oxazole rings is 1. The first-order valence-corrected chi connectivity index (χ1v) is 10.4. The van der Waals surface area contributed by atoms with Gasteiger partial charge in [0.1, 0.15) is 5.60 Å². The second-order valence-electron chi connectivity index (χ2n) is 8.42. The minimum atomic E-state index is -4.63. The van der Waals surface area contributed by atoms with Gasteiger partial charge < -0.3 is 14.5 Å². The Labute approximate surface area is 194 Å². The molecule has 7 nitrogen and oxygen atoms in total. The normalized spacial score (nSPS) is 11.7. The maximum absolute atomic E-state index is 13.2. The lowest BCUT2D eigenvalue weighted by Gasteiger charge is -2.21. The predicted molar refractivity (Wildman–Crippen MR) is 120 cm³/mol. The molecule has 0 aliphatic heterocycles. The van der Waals surface area contributed by atoms with E-state index in [4.69, 9.17) is 9.15 Å². The number of carbonyl (C=O) groups is 2. The highest BCUT2D eigenvalue weighted by Gasteiger charge is 2.31. The van der Waals surface area contributed by atoms with Crippen molar-refractivity contribution < 1.29 is 31.9 Å². The van der Waals surface area contributed by atoms with Gasteiger partial charge in [0, 0.05) is 18.4 Å². The molecule has 1 aromatic heterocycles. The van der Waals surface area contributed by atoms with E-state index in [0.29, 0.717) is 11.7 Å². The summed E-state index contributed by atoms with van der Waals surface area (Å²) in [6, 6.07) is 11.9. The van der Waals surface area contributed by atoms with Gasteiger partial charge in [0.2, 0.25) is 5.91 Å². The number of aryl methyl sites for hydroxylation is 1. The molecule has 0 unspecified atom stereocenters. The lowest BCUT2D eigenvalue weighted by atomic mass is 10.1. The van der Waals surface area contributed by atoms with Crippen LogP contribution in [0.3, 0.4) is 0 Å². The molecular formula is C24H24F3N3O4. The van der Waals surface area contributed by atoms with Crippen LogP contribution in [0.5, 0.6) is 0 Å². The molecular weight excluding hydrogens is 451 g/mol. The number of halogens is 3. The van der Waals surface area contributed by atoms with E-state index in [2.05, 4.69) is 15.6 Å². The first-order valence-electron chi connectivity index (χ1n) is 10.4. The Morgan fingerprint density at radius 2 is 1.71 bits per heavy atom. The van der Waals surface area contributed by atoms with E-state index in [1.54, 1.807) is 20.8 Å². The van der Waals surface area contributed by atoms with Crippen molar-refractivity contribution in [1.82, 2.24) is 4.98 Å². The number of alkyl halides is 3. The molecule has 0 saturated heterocycles. The van der Waals surface area contributed by atoms with Gasteiger partial charge in [-0.2, -0.15) is 13.2 Å². The van der Waals surface area contributed by atoms with Crippen LogP contribution in [0.2, 0.25) is 0 Å². The van der Waals surface area contributed by atoms with E-state index in [-0.39, 0.29) is 24.2 Å². The van der Waals surface area contributed by atoms with Crippen LogP contribution in [0.1, 0.15) is 38.6 Å². The summed E-state index contributed by atoms with van der Waals surface area (Å²) < 4.78 is 50.3. The average Bonchev–Trinajstić information content (AvgIpc) is 3.21. The van der Waals surface area contributed by atoms with Crippen molar-refractivity contribution in [2.45, 2.75) is 45.4 Å². The van der Waals surface area contributed by atoms with Crippen molar-refractivity contribution in [2.75, 3.05) is 10.6 Å². The van der Waals surface area contributed by atoms with E-state index in [9.17, 15) is 22.8 Å². The number of nitrogens with zero attached hydrogens (tertiary/aromatic N) is 1. The van der Waals surface area contributed by atoms with Crippen LogP contribution in [0.15, 0.2) is 59.1 Å². The molecule has 0 spiro atoms. The summed E-state index contributed by atoms with van der Waals surface area (Å²) in [5.74, 6) is 0.272. The standard InChI is InChI=1S/C24H24F3N3O4/c1-23(2,3)34-22(32)30-17-10-9-16(24(25,26)27)13-18(17)29-20(31)11-12-21-28-14-19(33-21)15-7-5-4-6-8-15/h4-10,13-14H,11-12H2,1-3H3,(H,29,31)(H,30,32). The van der Waals surface area contributed by atoms with Crippen LogP contribution >= 0.6 is 0 Å². The summed E-state index contributed by atoms with van der Waals surface area (Å²) in [4.78, 5) is 28.7. The summed E-state index contributed by atoms with van der Waals surface area (Å²) in [5, 5.41) is 4.79. The summed E-state index contributed by atoms with van der Waals surface area (Å²) >= 11 is 0. The van der Waals surface area contributed by atoms with Crippen molar-refractivity contribution in [3.63, 3.8) is 0 Å². The Balaban J connectivity index is 1.70. The third-order valence-corrected chi connectivity index (χ3v) is 4.43. The zero-order valence-corrected chi connectivity index (χ0v) is 18.8. The quantitative estimate of drug-likeness (QED) is 0.438. The molecule has 2 aromatic carbocycles. The molecule has 34 heavy (non-hydrogen) atoms. The van der Waals surface area contributed by atoms with E-state index >= 15 is 0 Å². The molecule has 0 atom stereocenters. The number of ether oxygens (including phenoxy) is 1. The van der Waals surface area contributed by atoms with Crippen molar-refractivity contribution in [1.29, 1.82) is 0 Å². The van der Waals surface area contributed by atoms with E-state index in [0.717, 1.165) is 23.8 Å². The Bertz CT molecular complexity index is 1150. The molecule has 2 amide bonds. The minimum Gasteiger partial charge on any atom is -0.444 e. The number of anilines is 2. The SMILES string of the molecule is CC(C)(C)OC(=O)Nc1ccc(C(F)(F)F)cc1NC(=O)CCc1ncc(-c2ccccc2)o1. The molecule has 0 radical (unpaired) electrons. The van der Waals surface area contributed by atoms with Gasteiger partial charge in [-0.3, -0.25) is 10.1 Å². The molecule has 0 fully saturated rings. The number of rotatable bonds is 6. The molecule has 180 valence electrons. The molecule has 1 heterocycles. The number of carbonyl (C=O) groups excluding carboxylic acids is 2. The third kappa shape index (κ3) is 7.09. The van der Waals surface area contributed by atoms with Gasteiger partial charge in [0.15, 0.2) is 11.7 Å². The Hall–Kier alpha value is -3.82. The summed E-state index contributed by atoms with van der Waals surface area (Å²) in [5.41, 5.74) is -1.19. The fourth-order valence-electron chi connectivity index (χ4n) is 2.94. The Kier molecular flexibility index (Phi) is 7.29. The van der Waals surface area contributed by atoms with Crippen LogP contribution in [-0.2, 0) is 22.1 Å². The number of amides is 2. The van der Waals surface area contributed by atoms with Crippen LogP contribution in [0.25, 0.3) is 11.3 Å². The third-order valence-electron chi connectivity index (χ3n) is 4.43. The molecule has 3 aromatic rings. The van der Waals surface area contributed by atoms with Gasteiger partial charge in [-0.15, -0.1) is 0 Å². The Morgan fingerprint density at radius 1 is 1.00 bits per heavy atom. The van der Waals surface area contributed by atoms with E-state index in [1.807, 2.05) is 30.3 Å². The number of hydrogen-bond donors (Lipinski definition) is 2. The lowest BCUT2D eigenvalue weighted by Crippen LogP contribution is -2.27. The van der Waals surface area contributed by atoms with Crippen molar-refractivity contribution in [3.05, 3.63) is 66.2 Å². The minimum absolute atomic E-state index is 0.0295. The second-order valence-corrected chi connectivity index (χ2v) is 8.42. The molecule has 10 heteroatoms. The highest BCUT2D eigenvalue weighted by atomic mass is 19.4. The van der Waals surface area contributed by atoms with Gasteiger partial charge in [-0.05, 0) is 39.0 Å². The van der Waals surface area contributed by atoms with Crippen molar-refractivity contribution in [2.24, 2.45) is 0 Å². The maximum atomic E-state index is 13.2. The maximum Gasteiger partial charge on any atom is 0.416 e. The number of benzene rings is 2. The largest absolute Gasteiger partial charge is 0.444 e. The smallest absolute Gasteiger partial charge is 0.416 e. The number of hydrogen-bond acceptors (Lipinski definition) is 5. The Morgan fingerprint density at radius 3 is 2.35 bits per heavy atom. The fraction of sp³-hybridized carbons (Fsp3) is 0.292. The van der Waals surface area contributed by atoms with Gasteiger partial charge >= 0.3 is 12.3 Å². The fourth-order valence-corrected chi connectivity index (χ4v) is 2.94. The molecule has 0 saturated carbocycles. The first-order chi connectivity index (χ1) is 15.9. The van der Waals surface area contributed by atoms with Crippen molar-refractivity contribution in [3.8, 4) is 11.3 Å². The first kappa shape index (κ1) is 24.8. The number of aromatic nitrogens is 1. The van der Waals surface area contributed by atoms with Gasteiger partial charge in [0.05, 0.1) is 23.1 Å². The van der Waals surface area contributed by atoms with Gasteiger partial charge in [0.25, 0.3) is 0 Å². The van der Waals surface area contributed by atoms with Crippen LogP contribution in [-0.4, -0.2) is 22.6 Å². The monoisotopic (exact) mass is 475 g/mol.